The molecule has 4 heteroatoms. The maximum absolute atomic E-state index is 11.6. The molecule has 1 atom stereocenters. The second-order valence-electron chi connectivity index (χ2n) is 4.34. The molecule has 2 N–H and O–H groups in total. The molecule has 0 aliphatic carbocycles. The maximum Gasteiger partial charge on any atom is 0.237 e. The first-order chi connectivity index (χ1) is 6.54. The van der Waals surface area contributed by atoms with E-state index in [-0.39, 0.29) is 24.6 Å². The van der Waals surface area contributed by atoms with E-state index in [4.69, 9.17) is 5.11 Å². The second kappa shape index (κ2) is 4.75. The number of likely N-dealkylation sites (tertiary alicyclic amines) is 1. The van der Waals surface area contributed by atoms with Gasteiger partial charge < -0.3 is 10.4 Å². The number of rotatable bonds is 4. The number of nitrogens with zero attached hydrogens (tertiary/aromatic N) is 1. The summed E-state index contributed by atoms with van der Waals surface area (Å²) in [4.78, 5) is 13.6. The number of aliphatic hydroxyl groups is 1. The van der Waals surface area contributed by atoms with Crippen molar-refractivity contribution >= 4 is 5.91 Å². The van der Waals surface area contributed by atoms with Gasteiger partial charge in [0.05, 0.1) is 6.04 Å². The predicted octanol–water partition coefficient (Wildman–Crippen LogP) is -0.176. The first-order valence-corrected chi connectivity index (χ1v) is 5.20. The van der Waals surface area contributed by atoms with Crippen molar-refractivity contribution in [1.29, 1.82) is 0 Å². The van der Waals surface area contributed by atoms with Crippen LogP contribution < -0.4 is 5.32 Å². The molecule has 0 saturated carbocycles. The van der Waals surface area contributed by atoms with Gasteiger partial charge in [0.25, 0.3) is 0 Å². The van der Waals surface area contributed by atoms with Crippen molar-refractivity contribution < 1.29 is 9.90 Å². The van der Waals surface area contributed by atoms with E-state index in [2.05, 4.69) is 10.2 Å². The van der Waals surface area contributed by atoms with E-state index in [0.717, 1.165) is 13.1 Å². The molecule has 0 radical (unpaired) electrons. The first-order valence-electron chi connectivity index (χ1n) is 5.20. The molecule has 4 nitrogen and oxygen atoms in total. The predicted molar refractivity (Wildman–Crippen MR) is 54.9 cm³/mol. The summed E-state index contributed by atoms with van der Waals surface area (Å²) < 4.78 is 0. The van der Waals surface area contributed by atoms with Gasteiger partial charge in [-0.2, -0.15) is 0 Å². The molecule has 0 aromatic carbocycles. The number of nitrogens with one attached hydrogen (secondary N) is 1. The molecule has 0 spiro atoms. The van der Waals surface area contributed by atoms with Crippen LogP contribution >= 0.6 is 0 Å². The highest BCUT2D eigenvalue weighted by Gasteiger charge is 2.32. The van der Waals surface area contributed by atoms with Crippen LogP contribution in [-0.4, -0.2) is 47.7 Å². The molecule has 0 bridgehead atoms. The van der Waals surface area contributed by atoms with E-state index >= 15 is 0 Å². The van der Waals surface area contributed by atoms with Crippen LogP contribution in [0, 0.1) is 5.92 Å². The minimum Gasteiger partial charge on any atom is -0.396 e. The van der Waals surface area contributed by atoms with Gasteiger partial charge in [0.15, 0.2) is 0 Å². The highest BCUT2D eigenvalue weighted by Crippen LogP contribution is 2.17. The van der Waals surface area contributed by atoms with E-state index < -0.39 is 0 Å². The molecular formula is C10H20N2O2. The van der Waals surface area contributed by atoms with E-state index in [0.29, 0.717) is 5.92 Å². The summed E-state index contributed by atoms with van der Waals surface area (Å²) in [6.45, 7) is 7.72. The van der Waals surface area contributed by atoms with Crippen LogP contribution in [0.15, 0.2) is 0 Å². The summed E-state index contributed by atoms with van der Waals surface area (Å²) in [6, 6.07) is 0.125. The van der Waals surface area contributed by atoms with Crippen molar-refractivity contribution in [1.82, 2.24) is 10.2 Å². The van der Waals surface area contributed by atoms with Crippen LogP contribution in [0.1, 0.15) is 20.8 Å². The van der Waals surface area contributed by atoms with Crippen molar-refractivity contribution in [3.05, 3.63) is 0 Å². The van der Waals surface area contributed by atoms with Gasteiger partial charge in [-0.15, -0.1) is 0 Å². The Kier molecular flexibility index (Phi) is 3.89. The van der Waals surface area contributed by atoms with Crippen molar-refractivity contribution in [3.8, 4) is 0 Å². The average Bonchev–Trinajstić information content (AvgIpc) is 2.00. The summed E-state index contributed by atoms with van der Waals surface area (Å²) in [7, 11) is 0. The zero-order valence-electron chi connectivity index (χ0n) is 9.16. The molecule has 1 aliphatic heterocycles. The molecule has 82 valence electrons. The molecule has 1 fully saturated rings. The first kappa shape index (κ1) is 11.5. The van der Waals surface area contributed by atoms with Crippen molar-refractivity contribution in [3.63, 3.8) is 0 Å². The molecule has 0 aromatic rings. The molecule has 1 heterocycles. The van der Waals surface area contributed by atoms with E-state index in [9.17, 15) is 4.79 Å². The lowest BCUT2D eigenvalue weighted by atomic mass is 9.99. The van der Waals surface area contributed by atoms with Crippen LogP contribution in [0.2, 0.25) is 0 Å². The van der Waals surface area contributed by atoms with Crippen molar-refractivity contribution in [2.45, 2.75) is 32.9 Å². The smallest absolute Gasteiger partial charge is 0.237 e. The van der Waals surface area contributed by atoms with Crippen LogP contribution in [0.3, 0.4) is 0 Å². The number of amides is 1. The van der Waals surface area contributed by atoms with Gasteiger partial charge in [-0.1, -0.05) is 0 Å². The number of hydrogen-bond donors (Lipinski definition) is 2. The number of carbonyl (C=O) groups excluding carboxylic acids is 1. The minimum atomic E-state index is -0.0693. The van der Waals surface area contributed by atoms with Gasteiger partial charge in [-0.05, 0) is 20.8 Å². The van der Waals surface area contributed by atoms with Crippen molar-refractivity contribution in [2.24, 2.45) is 5.92 Å². The zero-order chi connectivity index (χ0) is 10.7. The average molecular weight is 200 g/mol. The highest BCUT2D eigenvalue weighted by atomic mass is 16.3. The molecule has 1 amide bonds. The summed E-state index contributed by atoms with van der Waals surface area (Å²) in [5, 5.41) is 11.7. The van der Waals surface area contributed by atoms with Crippen LogP contribution in [-0.2, 0) is 4.79 Å². The fraction of sp³-hybridized carbons (Fsp3) is 0.900. The summed E-state index contributed by atoms with van der Waals surface area (Å²) in [6.07, 6.45) is 0. The third-order valence-corrected chi connectivity index (χ3v) is 2.60. The highest BCUT2D eigenvalue weighted by molar-refractivity contribution is 5.81. The molecule has 1 aliphatic rings. The van der Waals surface area contributed by atoms with Gasteiger partial charge in [0.2, 0.25) is 5.91 Å². The minimum absolute atomic E-state index is 0.0693. The summed E-state index contributed by atoms with van der Waals surface area (Å²) in [5.74, 6) is 0.445. The Labute approximate surface area is 85.3 Å². The third kappa shape index (κ3) is 2.69. The zero-order valence-corrected chi connectivity index (χ0v) is 9.16. The molecule has 1 unspecified atom stereocenters. The van der Waals surface area contributed by atoms with E-state index in [1.807, 2.05) is 20.8 Å². The van der Waals surface area contributed by atoms with Gasteiger partial charge >= 0.3 is 0 Å². The monoisotopic (exact) mass is 200 g/mol. The standard InChI is InChI=1S/C10H20N2O2/c1-7(2)11-10(14)8(3)12-4-9(5-12)6-13/h7-9,13H,4-6H2,1-3H3,(H,11,14). The second-order valence-corrected chi connectivity index (χ2v) is 4.34. The number of aliphatic hydroxyl groups excluding tert-OH is 1. The van der Waals surface area contributed by atoms with Gasteiger partial charge in [-0.3, -0.25) is 9.69 Å². The van der Waals surface area contributed by atoms with Gasteiger partial charge in [0, 0.05) is 31.7 Å². The fourth-order valence-electron chi connectivity index (χ4n) is 1.61. The number of hydrogen-bond acceptors (Lipinski definition) is 3. The molecule has 1 saturated heterocycles. The maximum atomic E-state index is 11.6. The van der Waals surface area contributed by atoms with Gasteiger partial charge in [-0.25, -0.2) is 0 Å². The van der Waals surface area contributed by atoms with Crippen LogP contribution in [0.5, 0.6) is 0 Å². The largest absolute Gasteiger partial charge is 0.396 e. The normalized spacial score (nSPS) is 20.6. The molecule has 0 aromatic heterocycles. The lowest BCUT2D eigenvalue weighted by Gasteiger charge is -2.41. The van der Waals surface area contributed by atoms with Crippen molar-refractivity contribution in [2.75, 3.05) is 19.7 Å². The summed E-state index contributed by atoms with van der Waals surface area (Å²) >= 11 is 0. The van der Waals surface area contributed by atoms with Crippen LogP contribution in [0.25, 0.3) is 0 Å². The third-order valence-electron chi connectivity index (χ3n) is 2.60. The summed E-state index contributed by atoms with van der Waals surface area (Å²) in [5.41, 5.74) is 0. The Morgan fingerprint density at radius 2 is 2.07 bits per heavy atom. The SMILES string of the molecule is CC(C)NC(=O)C(C)N1CC(CO)C1. The van der Waals surface area contributed by atoms with Gasteiger partial charge in [0.1, 0.15) is 0 Å². The topological polar surface area (TPSA) is 52.6 Å². The lowest BCUT2D eigenvalue weighted by Crippen LogP contribution is -2.57. The lowest BCUT2D eigenvalue weighted by molar-refractivity contribution is -0.129. The number of carbonyl (C=O) groups is 1. The fourth-order valence-corrected chi connectivity index (χ4v) is 1.61. The Hall–Kier alpha value is -0.610. The quantitative estimate of drug-likeness (QED) is 0.662. The molecule has 14 heavy (non-hydrogen) atoms. The Morgan fingerprint density at radius 3 is 2.50 bits per heavy atom. The van der Waals surface area contributed by atoms with E-state index in [1.165, 1.54) is 0 Å². The van der Waals surface area contributed by atoms with Crippen LogP contribution in [0.4, 0.5) is 0 Å². The Morgan fingerprint density at radius 1 is 1.50 bits per heavy atom. The Balaban J connectivity index is 2.28. The Bertz CT molecular complexity index is 200. The van der Waals surface area contributed by atoms with E-state index in [1.54, 1.807) is 0 Å². The molecular weight excluding hydrogens is 180 g/mol. The molecule has 1 rings (SSSR count).